The van der Waals surface area contributed by atoms with Gasteiger partial charge in [-0.15, -0.1) is 0 Å². The van der Waals surface area contributed by atoms with Gasteiger partial charge in [0.15, 0.2) is 6.10 Å². The molecule has 21 heavy (non-hydrogen) atoms. The van der Waals surface area contributed by atoms with E-state index in [2.05, 4.69) is 28.0 Å². The van der Waals surface area contributed by atoms with Crippen LogP contribution in [0.25, 0.3) is 0 Å². The summed E-state index contributed by atoms with van der Waals surface area (Å²) in [5.74, 6) is 0. The van der Waals surface area contributed by atoms with E-state index in [4.69, 9.17) is 10.00 Å². The van der Waals surface area contributed by atoms with Crippen molar-refractivity contribution in [2.75, 3.05) is 39.8 Å². The quantitative estimate of drug-likeness (QED) is 0.835. The van der Waals surface area contributed by atoms with Crippen LogP contribution in [0.2, 0.25) is 0 Å². The van der Waals surface area contributed by atoms with Gasteiger partial charge in [-0.3, -0.25) is 9.80 Å². The predicted octanol–water partition coefficient (Wildman–Crippen LogP) is 0.704. The minimum Gasteiger partial charge on any atom is -0.390 e. The van der Waals surface area contributed by atoms with Gasteiger partial charge < -0.3 is 9.84 Å². The maximum atomic E-state index is 10.2. The highest BCUT2D eigenvalue weighted by Crippen LogP contribution is 2.07. The number of aliphatic hydroxyl groups is 1. The Balaban J connectivity index is 1.73. The fourth-order valence-corrected chi connectivity index (χ4v) is 2.62. The molecule has 1 aliphatic heterocycles. The lowest BCUT2D eigenvalue weighted by molar-refractivity contribution is -0.0193. The molecule has 114 valence electrons. The molecule has 0 radical (unpaired) electrons. The number of nitriles is 1. The van der Waals surface area contributed by atoms with E-state index in [1.165, 1.54) is 5.56 Å². The molecule has 1 aromatic carbocycles. The first-order valence-electron chi connectivity index (χ1n) is 7.31. The molecule has 0 bridgehead atoms. The van der Waals surface area contributed by atoms with Gasteiger partial charge in [0.25, 0.3) is 0 Å². The van der Waals surface area contributed by atoms with Gasteiger partial charge >= 0.3 is 0 Å². The zero-order chi connectivity index (χ0) is 15.1. The topological polar surface area (TPSA) is 59.7 Å². The molecule has 1 fully saturated rings. The fraction of sp³-hybridized carbons (Fsp3) is 0.562. The highest BCUT2D eigenvalue weighted by Gasteiger charge is 2.22. The largest absolute Gasteiger partial charge is 0.390 e. The summed E-state index contributed by atoms with van der Waals surface area (Å²) in [5, 5.41) is 19.1. The predicted molar refractivity (Wildman–Crippen MR) is 80.6 cm³/mol. The summed E-state index contributed by atoms with van der Waals surface area (Å²) in [6.07, 6.45) is -0.788. The second-order valence-electron chi connectivity index (χ2n) is 5.58. The van der Waals surface area contributed by atoms with E-state index in [1.807, 2.05) is 25.2 Å². The lowest BCUT2D eigenvalue weighted by atomic mass is 10.2. The van der Waals surface area contributed by atoms with Crippen molar-refractivity contribution in [1.82, 2.24) is 9.80 Å². The molecule has 0 aromatic heterocycles. The SMILES string of the molecule is CN(Cc1ccccc1)CC(O)CN1CCOC(C#N)C1. The lowest BCUT2D eigenvalue weighted by Gasteiger charge is -2.32. The standard InChI is InChI=1S/C16H23N3O2/c1-18(10-14-5-3-2-4-6-14)11-15(20)12-19-7-8-21-16(9-17)13-19/h2-6,15-16,20H,7-8,10-13H2,1H3. The Hall–Kier alpha value is -1.45. The van der Waals surface area contributed by atoms with Gasteiger partial charge in [-0.05, 0) is 12.6 Å². The smallest absolute Gasteiger partial charge is 0.156 e. The fourth-order valence-electron chi connectivity index (χ4n) is 2.62. The molecule has 0 spiro atoms. The summed E-state index contributed by atoms with van der Waals surface area (Å²) >= 11 is 0. The molecule has 0 aliphatic carbocycles. The van der Waals surface area contributed by atoms with E-state index in [-0.39, 0.29) is 6.10 Å². The summed E-state index contributed by atoms with van der Waals surface area (Å²) in [6, 6.07) is 12.3. The first-order valence-corrected chi connectivity index (χ1v) is 7.31. The molecule has 1 aliphatic rings. The van der Waals surface area contributed by atoms with Crippen LogP contribution in [0.5, 0.6) is 0 Å². The second kappa shape index (κ2) is 8.11. The Kier molecular flexibility index (Phi) is 6.15. The van der Waals surface area contributed by atoms with Crippen molar-refractivity contribution in [2.24, 2.45) is 0 Å². The summed E-state index contributed by atoms with van der Waals surface area (Å²) in [4.78, 5) is 4.21. The van der Waals surface area contributed by atoms with E-state index in [0.717, 1.165) is 13.1 Å². The zero-order valence-corrected chi connectivity index (χ0v) is 12.5. The third kappa shape index (κ3) is 5.44. The number of ether oxygens (including phenoxy) is 1. The van der Waals surface area contributed by atoms with Gasteiger partial charge in [0.2, 0.25) is 0 Å². The summed E-state index contributed by atoms with van der Waals surface area (Å²) in [6.45, 7) is 3.93. The van der Waals surface area contributed by atoms with Gasteiger partial charge in [0, 0.05) is 32.7 Å². The highest BCUT2D eigenvalue weighted by molar-refractivity contribution is 5.14. The Morgan fingerprint density at radius 2 is 2.24 bits per heavy atom. The molecule has 5 heteroatoms. The van der Waals surface area contributed by atoms with Crippen LogP contribution in [0, 0.1) is 11.3 Å². The third-order valence-electron chi connectivity index (χ3n) is 3.58. The molecule has 1 N–H and O–H groups in total. The van der Waals surface area contributed by atoms with E-state index < -0.39 is 6.10 Å². The molecule has 1 aromatic rings. The van der Waals surface area contributed by atoms with Gasteiger partial charge in [0.05, 0.1) is 18.8 Å². The first kappa shape index (κ1) is 15.9. The Morgan fingerprint density at radius 1 is 1.48 bits per heavy atom. The Morgan fingerprint density at radius 3 is 2.95 bits per heavy atom. The van der Waals surface area contributed by atoms with Crippen molar-refractivity contribution >= 4 is 0 Å². The van der Waals surface area contributed by atoms with Gasteiger partial charge in [-0.25, -0.2) is 0 Å². The number of hydrogen-bond acceptors (Lipinski definition) is 5. The van der Waals surface area contributed by atoms with Crippen molar-refractivity contribution < 1.29 is 9.84 Å². The molecule has 1 saturated heterocycles. The molecule has 0 saturated carbocycles. The molecule has 0 amide bonds. The summed E-state index contributed by atoms with van der Waals surface area (Å²) < 4.78 is 5.30. The minimum atomic E-state index is -0.420. The van der Waals surface area contributed by atoms with Crippen LogP contribution in [0.15, 0.2) is 30.3 Å². The maximum absolute atomic E-state index is 10.2. The molecule has 2 atom stereocenters. The average Bonchev–Trinajstić information content (AvgIpc) is 2.48. The van der Waals surface area contributed by atoms with Crippen molar-refractivity contribution in [3.8, 4) is 6.07 Å². The zero-order valence-electron chi connectivity index (χ0n) is 12.5. The molecule has 2 rings (SSSR count). The number of aliphatic hydroxyl groups excluding tert-OH is 1. The summed E-state index contributed by atoms with van der Waals surface area (Å²) in [5.41, 5.74) is 1.24. The third-order valence-corrected chi connectivity index (χ3v) is 3.58. The van der Waals surface area contributed by atoms with Crippen LogP contribution in [-0.2, 0) is 11.3 Å². The number of likely N-dealkylation sites (N-methyl/N-ethyl adjacent to an activating group) is 1. The van der Waals surface area contributed by atoms with Crippen molar-refractivity contribution in [2.45, 2.75) is 18.8 Å². The second-order valence-corrected chi connectivity index (χ2v) is 5.58. The molecular weight excluding hydrogens is 266 g/mol. The number of benzene rings is 1. The van der Waals surface area contributed by atoms with E-state index >= 15 is 0 Å². The molecular formula is C16H23N3O2. The van der Waals surface area contributed by atoms with Crippen molar-refractivity contribution in [3.05, 3.63) is 35.9 Å². The van der Waals surface area contributed by atoms with E-state index in [9.17, 15) is 5.11 Å². The lowest BCUT2D eigenvalue weighted by Crippen LogP contribution is -2.47. The highest BCUT2D eigenvalue weighted by atomic mass is 16.5. The van der Waals surface area contributed by atoms with Crippen LogP contribution in [0.3, 0.4) is 0 Å². The number of β-amino-alcohol motifs (C(OH)–C–C–N with tert-alkyl or cyclic N) is 1. The molecule has 2 unspecified atom stereocenters. The number of nitrogens with zero attached hydrogens (tertiary/aromatic N) is 3. The van der Waals surface area contributed by atoms with Gasteiger partial charge in [-0.2, -0.15) is 5.26 Å². The van der Waals surface area contributed by atoms with E-state index in [1.54, 1.807) is 0 Å². The van der Waals surface area contributed by atoms with Crippen LogP contribution in [-0.4, -0.2) is 66.9 Å². The van der Waals surface area contributed by atoms with E-state index in [0.29, 0.717) is 26.2 Å². The van der Waals surface area contributed by atoms with Crippen molar-refractivity contribution in [3.63, 3.8) is 0 Å². The monoisotopic (exact) mass is 289 g/mol. The Labute approximate surface area is 126 Å². The van der Waals surface area contributed by atoms with Crippen LogP contribution >= 0.6 is 0 Å². The van der Waals surface area contributed by atoms with Gasteiger partial charge in [-0.1, -0.05) is 30.3 Å². The number of hydrogen-bond donors (Lipinski definition) is 1. The minimum absolute atomic E-state index is 0.368. The van der Waals surface area contributed by atoms with Crippen molar-refractivity contribution in [1.29, 1.82) is 5.26 Å². The molecule has 5 nitrogen and oxygen atoms in total. The van der Waals surface area contributed by atoms with Gasteiger partial charge in [0.1, 0.15) is 0 Å². The summed E-state index contributed by atoms with van der Waals surface area (Å²) in [7, 11) is 2.01. The maximum Gasteiger partial charge on any atom is 0.156 e. The first-order chi connectivity index (χ1) is 10.2. The van der Waals surface area contributed by atoms with Crippen LogP contribution in [0.1, 0.15) is 5.56 Å². The molecule has 1 heterocycles. The Bertz CT molecular complexity index is 460. The number of rotatable bonds is 6. The average molecular weight is 289 g/mol. The normalized spacial score (nSPS) is 21.1. The number of morpholine rings is 1. The van der Waals surface area contributed by atoms with Crippen LogP contribution in [0.4, 0.5) is 0 Å². The van der Waals surface area contributed by atoms with Crippen LogP contribution < -0.4 is 0 Å².